The number of carbonyl (C=O) groups excluding carboxylic acids is 1. The molecule has 1 aliphatic rings. The molecule has 2 aromatic rings. The highest BCUT2D eigenvalue weighted by molar-refractivity contribution is 8.00. The Hall–Kier alpha value is -2.22. The fraction of sp³-hybridized carbons (Fsp3) is 0.357. The van der Waals surface area contributed by atoms with Gasteiger partial charge in [0.2, 0.25) is 5.91 Å². The molecular weight excluding hydrogens is 304 g/mol. The third-order valence-electron chi connectivity index (χ3n) is 3.13. The molecule has 0 unspecified atom stereocenters. The molecule has 2 heterocycles. The van der Waals surface area contributed by atoms with Crippen molar-refractivity contribution >= 4 is 23.4 Å². The number of aromatic nitrogens is 3. The Kier molecular flexibility index (Phi) is 4.19. The van der Waals surface area contributed by atoms with E-state index < -0.39 is 0 Å². The molecular formula is C14H16N4O3S. The lowest BCUT2D eigenvalue weighted by molar-refractivity contribution is -0.115. The van der Waals surface area contributed by atoms with E-state index in [-0.39, 0.29) is 11.2 Å². The van der Waals surface area contributed by atoms with Crippen molar-refractivity contribution in [3.8, 4) is 11.5 Å². The van der Waals surface area contributed by atoms with Gasteiger partial charge in [0.1, 0.15) is 19.5 Å². The van der Waals surface area contributed by atoms with Crippen LogP contribution in [-0.4, -0.2) is 39.1 Å². The van der Waals surface area contributed by atoms with Gasteiger partial charge in [0, 0.05) is 18.8 Å². The highest BCUT2D eigenvalue weighted by Gasteiger charge is 2.18. The normalized spacial score (nSPS) is 14.5. The molecule has 1 atom stereocenters. The molecule has 0 spiro atoms. The van der Waals surface area contributed by atoms with Gasteiger partial charge in [-0.1, -0.05) is 11.8 Å². The number of carbonyl (C=O) groups is 1. The van der Waals surface area contributed by atoms with Gasteiger partial charge in [-0.25, -0.2) is 0 Å². The summed E-state index contributed by atoms with van der Waals surface area (Å²) in [5.41, 5.74) is 0.680. The first kappa shape index (κ1) is 14.7. The average molecular weight is 320 g/mol. The number of hydrogen-bond acceptors (Lipinski definition) is 6. The van der Waals surface area contributed by atoms with Crippen molar-refractivity contribution in [2.24, 2.45) is 7.05 Å². The van der Waals surface area contributed by atoms with Crippen LogP contribution in [0.4, 0.5) is 5.69 Å². The van der Waals surface area contributed by atoms with E-state index in [0.717, 1.165) is 0 Å². The van der Waals surface area contributed by atoms with E-state index in [1.807, 2.05) is 14.0 Å². The fourth-order valence-electron chi connectivity index (χ4n) is 1.96. The van der Waals surface area contributed by atoms with Crippen LogP contribution in [0.15, 0.2) is 29.7 Å². The van der Waals surface area contributed by atoms with Crippen molar-refractivity contribution in [2.75, 3.05) is 18.5 Å². The second-order valence-electron chi connectivity index (χ2n) is 4.83. The molecule has 0 bridgehead atoms. The Balaban J connectivity index is 1.65. The van der Waals surface area contributed by atoms with Gasteiger partial charge in [-0.05, 0) is 19.1 Å². The predicted molar refractivity (Wildman–Crippen MR) is 82.4 cm³/mol. The van der Waals surface area contributed by atoms with Gasteiger partial charge in [-0.2, -0.15) is 0 Å². The number of thioether (sulfide) groups is 1. The average Bonchev–Trinajstić information content (AvgIpc) is 2.92. The summed E-state index contributed by atoms with van der Waals surface area (Å²) < 4.78 is 12.7. The lowest BCUT2D eigenvalue weighted by Crippen LogP contribution is -2.23. The van der Waals surface area contributed by atoms with Gasteiger partial charge >= 0.3 is 0 Å². The van der Waals surface area contributed by atoms with E-state index in [2.05, 4.69) is 15.5 Å². The van der Waals surface area contributed by atoms with Crippen LogP contribution in [0.25, 0.3) is 0 Å². The third-order valence-corrected chi connectivity index (χ3v) is 4.28. The van der Waals surface area contributed by atoms with E-state index in [1.165, 1.54) is 11.8 Å². The number of aryl methyl sites for hydroxylation is 1. The second kappa shape index (κ2) is 6.27. The Labute approximate surface area is 132 Å². The fourth-order valence-corrected chi connectivity index (χ4v) is 2.75. The predicted octanol–water partition coefficient (Wildman–Crippen LogP) is 1.71. The first-order valence-corrected chi connectivity index (χ1v) is 7.72. The van der Waals surface area contributed by atoms with Crippen molar-refractivity contribution < 1.29 is 14.3 Å². The van der Waals surface area contributed by atoms with Crippen LogP contribution in [0, 0.1) is 0 Å². The van der Waals surface area contributed by atoms with Crippen LogP contribution >= 0.6 is 11.8 Å². The van der Waals surface area contributed by atoms with Crippen molar-refractivity contribution in [3.05, 3.63) is 24.5 Å². The quantitative estimate of drug-likeness (QED) is 0.864. The lowest BCUT2D eigenvalue weighted by atomic mass is 10.2. The van der Waals surface area contributed by atoms with Gasteiger partial charge in [-0.3, -0.25) is 4.79 Å². The number of rotatable bonds is 4. The van der Waals surface area contributed by atoms with E-state index in [1.54, 1.807) is 29.1 Å². The topological polar surface area (TPSA) is 78.3 Å². The van der Waals surface area contributed by atoms with Gasteiger partial charge in [-0.15, -0.1) is 10.2 Å². The number of hydrogen-bond donors (Lipinski definition) is 1. The summed E-state index contributed by atoms with van der Waals surface area (Å²) in [6, 6.07) is 5.36. The lowest BCUT2D eigenvalue weighted by Gasteiger charge is -2.19. The van der Waals surface area contributed by atoms with E-state index >= 15 is 0 Å². The Morgan fingerprint density at radius 2 is 2.14 bits per heavy atom. The summed E-state index contributed by atoms with van der Waals surface area (Å²) >= 11 is 1.35. The maximum absolute atomic E-state index is 12.3. The number of benzene rings is 1. The Morgan fingerprint density at radius 1 is 1.36 bits per heavy atom. The van der Waals surface area contributed by atoms with Crippen molar-refractivity contribution in [1.82, 2.24) is 14.8 Å². The Morgan fingerprint density at radius 3 is 2.86 bits per heavy atom. The summed E-state index contributed by atoms with van der Waals surface area (Å²) in [5.74, 6) is 1.24. The van der Waals surface area contributed by atoms with Crippen LogP contribution in [0.3, 0.4) is 0 Å². The largest absolute Gasteiger partial charge is 0.486 e. The summed E-state index contributed by atoms with van der Waals surface area (Å²) in [4.78, 5) is 12.3. The number of fused-ring (bicyclic) bond motifs is 1. The zero-order valence-corrected chi connectivity index (χ0v) is 13.1. The molecule has 0 fully saturated rings. The third kappa shape index (κ3) is 3.16. The molecule has 1 aliphatic heterocycles. The molecule has 1 aromatic heterocycles. The van der Waals surface area contributed by atoms with Crippen molar-refractivity contribution in [1.29, 1.82) is 0 Å². The standard InChI is InChI=1S/C14H16N4O3S/c1-9(22-14-17-15-8-18(14)2)13(19)16-10-3-4-11-12(7-10)21-6-5-20-11/h3-4,7-9H,5-6H2,1-2H3,(H,16,19)/t9-/m0/s1. The first-order chi connectivity index (χ1) is 10.6. The minimum Gasteiger partial charge on any atom is -0.486 e. The van der Waals surface area contributed by atoms with E-state index in [4.69, 9.17) is 9.47 Å². The zero-order valence-electron chi connectivity index (χ0n) is 12.3. The van der Waals surface area contributed by atoms with Gasteiger partial charge in [0.25, 0.3) is 0 Å². The summed E-state index contributed by atoms with van der Waals surface area (Å²) in [6.07, 6.45) is 1.60. The van der Waals surface area contributed by atoms with Crippen LogP contribution in [0.5, 0.6) is 11.5 Å². The molecule has 1 N–H and O–H groups in total. The number of ether oxygens (including phenoxy) is 2. The van der Waals surface area contributed by atoms with Gasteiger partial charge < -0.3 is 19.4 Å². The smallest absolute Gasteiger partial charge is 0.237 e. The van der Waals surface area contributed by atoms with Crippen LogP contribution in [-0.2, 0) is 11.8 Å². The maximum Gasteiger partial charge on any atom is 0.237 e. The van der Waals surface area contributed by atoms with Crippen LogP contribution in [0.2, 0.25) is 0 Å². The molecule has 0 radical (unpaired) electrons. The molecule has 7 nitrogen and oxygen atoms in total. The monoisotopic (exact) mass is 320 g/mol. The molecule has 116 valence electrons. The molecule has 1 amide bonds. The molecule has 8 heteroatoms. The highest BCUT2D eigenvalue weighted by Crippen LogP contribution is 2.33. The summed E-state index contributed by atoms with van der Waals surface area (Å²) in [6.45, 7) is 2.89. The summed E-state index contributed by atoms with van der Waals surface area (Å²) in [7, 11) is 1.84. The zero-order chi connectivity index (χ0) is 15.5. The maximum atomic E-state index is 12.3. The minimum atomic E-state index is -0.295. The number of nitrogens with zero attached hydrogens (tertiary/aromatic N) is 3. The van der Waals surface area contributed by atoms with Gasteiger partial charge in [0.15, 0.2) is 16.7 Å². The Bertz CT molecular complexity index is 688. The van der Waals surface area contributed by atoms with Crippen LogP contribution < -0.4 is 14.8 Å². The highest BCUT2D eigenvalue weighted by atomic mass is 32.2. The van der Waals surface area contributed by atoms with E-state index in [0.29, 0.717) is 35.6 Å². The molecule has 3 rings (SSSR count). The van der Waals surface area contributed by atoms with Gasteiger partial charge in [0.05, 0.1) is 5.25 Å². The number of amides is 1. The number of nitrogens with one attached hydrogen (secondary N) is 1. The van der Waals surface area contributed by atoms with Crippen molar-refractivity contribution in [2.45, 2.75) is 17.3 Å². The van der Waals surface area contributed by atoms with Crippen molar-refractivity contribution in [3.63, 3.8) is 0 Å². The molecule has 0 saturated heterocycles. The van der Waals surface area contributed by atoms with Crippen LogP contribution in [0.1, 0.15) is 6.92 Å². The molecule has 1 aromatic carbocycles. The molecule has 0 aliphatic carbocycles. The molecule has 22 heavy (non-hydrogen) atoms. The summed E-state index contributed by atoms with van der Waals surface area (Å²) in [5, 5.41) is 11.0. The minimum absolute atomic E-state index is 0.107. The first-order valence-electron chi connectivity index (χ1n) is 6.84. The second-order valence-corrected chi connectivity index (χ2v) is 6.14. The number of anilines is 1. The molecule has 0 saturated carbocycles. The SMILES string of the molecule is C[C@H](Sc1nncn1C)C(=O)Nc1ccc2c(c1)OCCO2. The van der Waals surface area contributed by atoms with E-state index in [9.17, 15) is 4.79 Å².